The highest BCUT2D eigenvalue weighted by Crippen LogP contribution is 2.36. The van der Waals surface area contributed by atoms with Crippen molar-refractivity contribution in [3.63, 3.8) is 0 Å². The second kappa shape index (κ2) is 7.47. The Bertz CT molecular complexity index is 727. The van der Waals surface area contributed by atoms with Crippen molar-refractivity contribution in [1.29, 1.82) is 0 Å². The number of amides is 1. The van der Waals surface area contributed by atoms with Crippen LogP contribution in [0.3, 0.4) is 0 Å². The number of piperidine rings is 1. The molecular weight excluding hydrogens is 346 g/mol. The summed E-state index contributed by atoms with van der Waals surface area (Å²) in [5.74, 6) is 0.0768. The molecule has 0 saturated carbocycles. The second-order valence-electron chi connectivity index (χ2n) is 7.27. The van der Waals surface area contributed by atoms with E-state index in [2.05, 4.69) is 34.3 Å². The van der Waals surface area contributed by atoms with E-state index in [9.17, 15) is 4.79 Å². The van der Waals surface area contributed by atoms with E-state index >= 15 is 0 Å². The fourth-order valence-corrected chi connectivity index (χ4v) is 4.84. The van der Waals surface area contributed by atoms with Gasteiger partial charge in [0.05, 0.1) is 11.6 Å². The number of pyridine rings is 1. The second-order valence-corrected chi connectivity index (χ2v) is 8.30. The maximum absolute atomic E-state index is 12.5. The minimum atomic E-state index is -0.220. The average molecular weight is 372 g/mol. The van der Waals surface area contributed by atoms with E-state index in [1.165, 1.54) is 4.88 Å². The Morgan fingerprint density at radius 3 is 2.81 bits per heavy atom. The van der Waals surface area contributed by atoms with E-state index in [1.807, 2.05) is 34.6 Å². The maximum Gasteiger partial charge on any atom is 0.249 e. The molecule has 5 nitrogen and oxygen atoms in total. The molecule has 0 radical (unpaired) electrons. The first-order valence-corrected chi connectivity index (χ1v) is 10.1. The summed E-state index contributed by atoms with van der Waals surface area (Å²) in [7, 11) is 0. The zero-order chi connectivity index (χ0) is 18.0. The first kappa shape index (κ1) is 17.6. The molecule has 4 heterocycles. The zero-order valence-corrected chi connectivity index (χ0v) is 16.0. The summed E-state index contributed by atoms with van der Waals surface area (Å²) < 4.78 is 6.15. The molecule has 2 aromatic heterocycles. The van der Waals surface area contributed by atoms with Gasteiger partial charge in [0.1, 0.15) is 6.61 Å². The summed E-state index contributed by atoms with van der Waals surface area (Å²) >= 11 is 1.81. The minimum Gasteiger partial charge on any atom is -0.363 e. The van der Waals surface area contributed by atoms with E-state index in [1.54, 1.807) is 6.20 Å². The number of rotatable bonds is 4. The number of carbonyl (C=O) groups excluding carboxylic acids is 1. The van der Waals surface area contributed by atoms with Crippen LogP contribution >= 0.6 is 11.3 Å². The largest absolute Gasteiger partial charge is 0.363 e. The molecule has 26 heavy (non-hydrogen) atoms. The predicted octanol–water partition coefficient (Wildman–Crippen LogP) is 2.93. The van der Waals surface area contributed by atoms with Gasteiger partial charge in [-0.1, -0.05) is 12.1 Å². The van der Waals surface area contributed by atoms with E-state index in [0.29, 0.717) is 6.54 Å². The molecule has 0 N–H and O–H groups in total. The molecule has 0 aromatic carbocycles. The third kappa shape index (κ3) is 3.54. The van der Waals surface area contributed by atoms with Gasteiger partial charge in [-0.05, 0) is 42.8 Å². The van der Waals surface area contributed by atoms with Crippen molar-refractivity contribution in [1.82, 2.24) is 14.8 Å². The summed E-state index contributed by atoms with van der Waals surface area (Å²) in [6.07, 6.45) is 5.54. The number of hydrogen-bond donors (Lipinski definition) is 0. The Balaban J connectivity index is 1.42. The summed E-state index contributed by atoms with van der Waals surface area (Å²) in [5.41, 5.74) is 0.849. The van der Waals surface area contributed by atoms with Gasteiger partial charge in [0.15, 0.2) is 0 Å². The lowest BCUT2D eigenvalue weighted by atomic mass is 9.82. The number of carbonyl (C=O) groups is 1. The summed E-state index contributed by atoms with van der Waals surface area (Å²) in [6, 6.07) is 8.33. The molecule has 1 atom stereocenters. The third-order valence-electron chi connectivity index (χ3n) is 5.77. The van der Waals surface area contributed by atoms with Crippen LogP contribution in [0.5, 0.6) is 0 Å². The highest BCUT2D eigenvalue weighted by atomic mass is 32.1. The van der Waals surface area contributed by atoms with Crippen molar-refractivity contribution in [2.45, 2.75) is 44.5 Å². The molecule has 0 bridgehead atoms. The van der Waals surface area contributed by atoms with Gasteiger partial charge in [-0.2, -0.15) is 0 Å². The number of hydrogen-bond acceptors (Lipinski definition) is 5. The van der Waals surface area contributed by atoms with Crippen LogP contribution in [0, 0.1) is 0 Å². The zero-order valence-electron chi connectivity index (χ0n) is 15.1. The van der Waals surface area contributed by atoms with Gasteiger partial charge in [-0.25, -0.2) is 0 Å². The smallest absolute Gasteiger partial charge is 0.249 e. The number of ether oxygens (including phenoxy) is 1. The minimum absolute atomic E-state index is 0.0767. The van der Waals surface area contributed by atoms with Crippen molar-refractivity contribution in [2.24, 2.45) is 0 Å². The van der Waals surface area contributed by atoms with Crippen molar-refractivity contribution in [3.05, 3.63) is 52.5 Å². The molecule has 2 aliphatic heterocycles. The van der Waals surface area contributed by atoms with Crippen LogP contribution < -0.4 is 0 Å². The number of aromatic nitrogens is 1. The van der Waals surface area contributed by atoms with Gasteiger partial charge in [-0.3, -0.25) is 14.7 Å². The quantitative estimate of drug-likeness (QED) is 0.829. The molecule has 2 fully saturated rings. The van der Waals surface area contributed by atoms with Crippen molar-refractivity contribution >= 4 is 17.2 Å². The molecule has 2 aliphatic rings. The number of morpholine rings is 1. The van der Waals surface area contributed by atoms with Gasteiger partial charge in [0.25, 0.3) is 0 Å². The van der Waals surface area contributed by atoms with E-state index in [4.69, 9.17) is 4.74 Å². The lowest BCUT2D eigenvalue weighted by molar-refractivity contribution is -0.188. The predicted molar refractivity (Wildman–Crippen MR) is 102 cm³/mol. The number of nitrogens with zero attached hydrogens (tertiary/aromatic N) is 3. The summed E-state index contributed by atoms with van der Waals surface area (Å²) in [6.45, 7) is 5.98. The summed E-state index contributed by atoms with van der Waals surface area (Å²) in [5, 5.41) is 2.13. The standard InChI is InChI=1S/C20H25N3O2S/c1-16-20(6-9-22(10-7-20)14-18-5-3-11-26-18)25-15-19(24)23(16)13-17-4-2-8-21-12-17/h2-5,8,11-12,16H,6-7,9-10,13-15H2,1H3. The van der Waals surface area contributed by atoms with Crippen molar-refractivity contribution < 1.29 is 9.53 Å². The van der Waals surface area contributed by atoms with Gasteiger partial charge >= 0.3 is 0 Å². The molecule has 1 spiro atoms. The van der Waals surface area contributed by atoms with Gasteiger partial charge in [0.2, 0.25) is 5.91 Å². The molecule has 1 amide bonds. The lowest BCUT2D eigenvalue weighted by Gasteiger charge is -2.51. The maximum atomic E-state index is 12.5. The van der Waals surface area contributed by atoms with Crippen molar-refractivity contribution in [3.8, 4) is 0 Å². The molecule has 1 unspecified atom stereocenters. The molecular formula is C20H25N3O2S. The van der Waals surface area contributed by atoms with Gasteiger partial charge in [-0.15, -0.1) is 11.3 Å². The molecule has 4 rings (SSSR count). The normalized spacial score (nSPS) is 23.5. The first-order valence-electron chi connectivity index (χ1n) is 9.23. The lowest BCUT2D eigenvalue weighted by Crippen LogP contribution is -2.63. The SMILES string of the molecule is CC1N(Cc2cccnc2)C(=O)COC12CCN(Cc1cccs1)CC2. The van der Waals surface area contributed by atoms with E-state index in [-0.39, 0.29) is 24.2 Å². The topological polar surface area (TPSA) is 45.7 Å². The molecule has 2 saturated heterocycles. The Labute approximate surface area is 158 Å². The van der Waals surface area contributed by atoms with Crippen LogP contribution in [-0.4, -0.2) is 52.0 Å². The highest BCUT2D eigenvalue weighted by Gasteiger charge is 2.47. The van der Waals surface area contributed by atoms with E-state index in [0.717, 1.165) is 38.0 Å². The molecule has 2 aromatic rings. The van der Waals surface area contributed by atoms with Gasteiger partial charge in [0, 0.05) is 43.4 Å². The summed E-state index contributed by atoms with van der Waals surface area (Å²) in [4.78, 5) is 22.5. The van der Waals surface area contributed by atoms with Gasteiger partial charge < -0.3 is 9.64 Å². The van der Waals surface area contributed by atoms with Crippen LogP contribution in [0.2, 0.25) is 0 Å². The van der Waals surface area contributed by atoms with Crippen LogP contribution in [0.1, 0.15) is 30.2 Å². The molecule has 0 aliphatic carbocycles. The monoisotopic (exact) mass is 371 g/mol. The van der Waals surface area contributed by atoms with Crippen molar-refractivity contribution in [2.75, 3.05) is 19.7 Å². The highest BCUT2D eigenvalue weighted by molar-refractivity contribution is 7.09. The Morgan fingerprint density at radius 2 is 2.12 bits per heavy atom. The molecule has 6 heteroatoms. The number of thiophene rings is 1. The van der Waals surface area contributed by atoms with E-state index < -0.39 is 0 Å². The first-order chi connectivity index (χ1) is 12.7. The van der Waals surface area contributed by atoms with Crippen LogP contribution in [-0.2, 0) is 22.6 Å². The van der Waals surface area contributed by atoms with Crippen LogP contribution in [0.4, 0.5) is 0 Å². The Morgan fingerprint density at radius 1 is 1.27 bits per heavy atom. The fourth-order valence-electron chi connectivity index (χ4n) is 4.10. The Hall–Kier alpha value is -1.76. The third-order valence-corrected chi connectivity index (χ3v) is 6.63. The fraction of sp³-hybridized carbons (Fsp3) is 0.500. The average Bonchev–Trinajstić information content (AvgIpc) is 3.18. The van der Waals surface area contributed by atoms with Crippen LogP contribution in [0.15, 0.2) is 42.0 Å². The number of likely N-dealkylation sites (tertiary alicyclic amines) is 1. The Kier molecular flexibility index (Phi) is 5.07. The van der Waals surface area contributed by atoms with Crippen LogP contribution in [0.25, 0.3) is 0 Å². The molecule has 138 valence electrons.